The van der Waals surface area contributed by atoms with Gasteiger partial charge < -0.3 is 20.1 Å². The van der Waals surface area contributed by atoms with Crippen LogP contribution in [0.1, 0.15) is 19.3 Å². The minimum absolute atomic E-state index is 0.118. The third-order valence-electron chi connectivity index (χ3n) is 3.19. The fourth-order valence-corrected chi connectivity index (χ4v) is 2.15. The molecule has 0 aromatic carbocycles. The van der Waals surface area contributed by atoms with Gasteiger partial charge in [-0.15, -0.1) is 0 Å². The van der Waals surface area contributed by atoms with Gasteiger partial charge in [0.15, 0.2) is 0 Å². The van der Waals surface area contributed by atoms with Crippen LogP contribution in [0.25, 0.3) is 0 Å². The minimum atomic E-state index is -0.595. The van der Waals surface area contributed by atoms with Crippen LogP contribution in [0, 0.1) is 5.92 Å². The largest absolute Gasteiger partial charge is 0.389 e. The summed E-state index contributed by atoms with van der Waals surface area (Å²) in [5.74, 6) is 0.609. The van der Waals surface area contributed by atoms with E-state index in [0.717, 1.165) is 25.9 Å². The van der Waals surface area contributed by atoms with E-state index in [0.29, 0.717) is 18.9 Å². The quantitative estimate of drug-likeness (QED) is 0.682. The maximum absolute atomic E-state index is 11.9. The second-order valence-electron chi connectivity index (χ2n) is 4.78. The molecule has 5 nitrogen and oxygen atoms in total. The van der Waals surface area contributed by atoms with Crippen LogP contribution in [-0.2, 0) is 9.53 Å². The van der Waals surface area contributed by atoms with Crippen molar-refractivity contribution in [2.24, 2.45) is 5.92 Å². The van der Waals surface area contributed by atoms with E-state index >= 15 is 0 Å². The summed E-state index contributed by atoms with van der Waals surface area (Å²) in [5.41, 5.74) is 0. The molecule has 5 heteroatoms. The van der Waals surface area contributed by atoms with Crippen molar-refractivity contribution in [3.63, 3.8) is 0 Å². The van der Waals surface area contributed by atoms with Gasteiger partial charge >= 0.3 is 0 Å². The normalized spacial score (nSPS) is 19.0. The lowest BCUT2D eigenvalue weighted by atomic mass is 9.94. The van der Waals surface area contributed by atoms with E-state index in [1.54, 1.807) is 19.1 Å². The predicted octanol–water partition coefficient (Wildman–Crippen LogP) is -0.158. The summed E-state index contributed by atoms with van der Waals surface area (Å²) in [6.45, 7) is 2.63. The number of hydrogen-bond donors (Lipinski definition) is 2. The highest BCUT2D eigenvalue weighted by Crippen LogP contribution is 2.16. The molecule has 0 bridgehead atoms. The van der Waals surface area contributed by atoms with Crippen LogP contribution < -0.4 is 5.32 Å². The van der Waals surface area contributed by atoms with Gasteiger partial charge in [0, 0.05) is 27.1 Å². The first-order valence-corrected chi connectivity index (χ1v) is 6.25. The van der Waals surface area contributed by atoms with Gasteiger partial charge in [0.25, 0.3) is 0 Å². The monoisotopic (exact) mass is 244 g/mol. The average Bonchev–Trinajstić information content (AvgIpc) is 2.30. The van der Waals surface area contributed by atoms with Gasteiger partial charge in [-0.05, 0) is 31.8 Å². The minimum Gasteiger partial charge on any atom is -0.389 e. The molecule has 0 aliphatic carbocycles. The number of carbonyl (C=O) groups excluding carboxylic acids is 1. The Bertz CT molecular complexity index is 230. The number of nitrogens with one attached hydrogen (secondary N) is 1. The van der Waals surface area contributed by atoms with Crippen molar-refractivity contribution >= 4 is 5.91 Å². The second-order valence-corrected chi connectivity index (χ2v) is 4.78. The van der Waals surface area contributed by atoms with Crippen molar-refractivity contribution in [1.82, 2.24) is 10.2 Å². The molecule has 100 valence electrons. The van der Waals surface area contributed by atoms with Gasteiger partial charge in [-0.1, -0.05) is 0 Å². The number of ether oxygens (including phenoxy) is 1. The lowest BCUT2D eigenvalue weighted by molar-refractivity contribution is -0.132. The second kappa shape index (κ2) is 7.63. The first-order chi connectivity index (χ1) is 8.13. The predicted molar refractivity (Wildman–Crippen MR) is 65.7 cm³/mol. The summed E-state index contributed by atoms with van der Waals surface area (Å²) in [7, 11) is 3.28. The number of carbonyl (C=O) groups is 1. The van der Waals surface area contributed by atoms with E-state index in [2.05, 4.69) is 5.32 Å². The molecule has 0 aromatic rings. The lowest BCUT2D eigenvalue weighted by Gasteiger charge is -2.26. The molecule has 1 aliphatic heterocycles. The standard InChI is InChI=1S/C12H24N2O3/c1-14(8-11(15)9-17-2)12(16)7-10-3-5-13-6-4-10/h10-11,13,15H,3-9H2,1-2H3/t11-/m0/s1. The van der Waals surface area contributed by atoms with Gasteiger partial charge in [0.1, 0.15) is 0 Å². The van der Waals surface area contributed by atoms with Crippen LogP contribution in [-0.4, -0.2) is 62.4 Å². The Hall–Kier alpha value is -0.650. The Labute approximate surface area is 103 Å². The summed E-state index contributed by atoms with van der Waals surface area (Å²) in [5, 5.41) is 12.8. The maximum atomic E-state index is 11.9. The molecule has 1 aliphatic rings. The molecule has 0 radical (unpaired) electrons. The number of piperidine rings is 1. The smallest absolute Gasteiger partial charge is 0.222 e. The zero-order chi connectivity index (χ0) is 12.7. The molecule has 2 N–H and O–H groups in total. The molecule has 1 fully saturated rings. The topological polar surface area (TPSA) is 61.8 Å². The van der Waals surface area contributed by atoms with Gasteiger partial charge in [0.2, 0.25) is 5.91 Å². The van der Waals surface area contributed by atoms with Crippen LogP contribution in [0.3, 0.4) is 0 Å². The van der Waals surface area contributed by atoms with Gasteiger partial charge in [-0.3, -0.25) is 4.79 Å². The molecule has 0 spiro atoms. The number of likely N-dealkylation sites (N-methyl/N-ethyl adjacent to an activating group) is 1. The Balaban J connectivity index is 2.25. The number of amides is 1. The molecule has 1 amide bonds. The summed E-state index contributed by atoms with van der Waals surface area (Å²) >= 11 is 0. The van der Waals surface area contributed by atoms with Crippen LogP contribution in [0.15, 0.2) is 0 Å². The Morgan fingerprint density at radius 1 is 1.53 bits per heavy atom. The third-order valence-corrected chi connectivity index (χ3v) is 3.19. The van der Waals surface area contributed by atoms with Crippen molar-refractivity contribution in [2.75, 3.05) is 40.4 Å². The Kier molecular flexibility index (Phi) is 6.47. The third kappa shape index (κ3) is 5.48. The first-order valence-electron chi connectivity index (χ1n) is 6.25. The van der Waals surface area contributed by atoms with Gasteiger partial charge in [0.05, 0.1) is 12.7 Å². The molecular weight excluding hydrogens is 220 g/mol. The van der Waals surface area contributed by atoms with Crippen molar-refractivity contribution in [3.05, 3.63) is 0 Å². The Morgan fingerprint density at radius 3 is 2.76 bits per heavy atom. The number of aliphatic hydroxyl groups excluding tert-OH is 1. The van der Waals surface area contributed by atoms with Crippen molar-refractivity contribution < 1.29 is 14.6 Å². The summed E-state index contributed by atoms with van der Waals surface area (Å²) in [4.78, 5) is 13.5. The highest BCUT2D eigenvalue weighted by molar-refractivity contribution is 5.76. The summed E-state index contributed by atoms with van der Waals surface area (Å²) in [6.07, 6.45) is 2.14. The van der Waals surface area contributed by atoms with Gasteiger partial charge in [-0.25, -0.2) is 0 Å². The molecule has 1 atom stereocenters. The fraction of sp³-hybridized carbons (Fsp3) is 0.917. The van der Waals surface area contributed by atoms with Crippen molar-refractivity contribution in [3.8, 4) is 0 Å². The first kappa shape index (κ1) is 14.4. The lowest BCUT2D eigenvalue weighted by Crippen LogP contribution is -2.38. The van der Waals surface area contributed by atoms with Crippen LogP contribution in [0.4, 0.5) is 0 Å². The number of hydrogen-bond acceptors (Lipinski definition) is 4. The molecule has 1 saturated heterocycles. The van der Waals surface area contributed by atoms with Crippen LogP contribution in [0.2, 0.25) is 0 Å². The zero-order valence-corrected chi connectivity index (χ0v) is 10.8. The summed E-state index contributed by atoms with van der Waals surface area (Å²) in [6, 6.07) is 0. The van der Waals surface area contributed by atoms with Crippen LogP contribution in [0.5, 0.6) is 0 Å². The Morgan fingerprint density at radius 2 is 2.18 bits per heavy atom. The summed E-state index contributed by atoms with van der Waals surface area (Å²) < 4.78 is 4.84. The zero-order valence-electron chi connectivity index (χ0n) is 10.8. The molecule has 1 rings (SSSR count). The van der Waals surface area contributed by atoms with E-state index in [9.17, 15) is 9.90 Å². The van der Waals surface area contributed by atoms with Crippen molar-refractivity contribution in [1.29, 1.82) is 0 Å². The molecule has 17 heavy (non-hydrogen) atoms. The molecular formula is C12H24N2O3. The molecule has 0 aromatic heterocycles. The van der Waals surface area contributed by atoms with E-state index < -0.39 is 6.10 Å². The number of rotatable bonds is 6. The molecule has 0 saturated carbocycles. The maximum Gasteiger partial charge on any atom is 0.222 e. The number of nitrogens with zero attached hydrogens (tertiary/aromatic N) is 1. The van der Waals surface area contributed by atoms with E-state index in [-0.39, 0.29) is 12.5 Å². The SMILES string of the molecule is COC[C@@H](O)CN(C)C(=O)CC1CCNCC1. The fourth-order valence-electron chi connectivity index (χ4n) is 2.15. The van der Waals surface area contributed by atoms with Crippen LogP contribution >= 0.6 is 0 Å². The van der Waals surface area contributed by atoms with E-state index in [4.69, 9.17) is 4.74 Å². The highest BCUT2D eigenvalue weighted by Gasteiger charge is 2.20. The van der Waals surface area contributed by atoms with E-state index in [1.165, 1.54) is 0 Å². The van der Waals surface area contributed by atoms with Gasteiger partial charge in [-0.2, -0.15) is 0 Å². The van der Waals surface area contributed by atoms with Crippen molar-refractivity contribution in [2.45, 2.75) is 25.4 Å². The number of methoxy groups -OCH3 is 1. The number of aliphatic hydroxyl groups is 1. The average molecular weight is 244 g/mol. The molecule has 1 heterocycles. The highest BCUT2D eigenvalue weighted by atomic mass is 16.5. The van der Waals surface area contributed by atoms with E-state index in [1.807, 2.05) is 0 Å². The molecule has 0 unspecified atom stereocenters.